The number of hydrogen-bond acceptors (Lipinski definition) is 0. The molecule has 0 saturated heterocycles. The van der Waals surface area contributed by atoms with E-state index in [1.807, 2.05) is 0 Å². The Hall–Kier alpha value is 0.740. The number of hydrogen-bond donors (Lipinski definition) is 0. The summed E-state index contributed by atoms with van der Waals surface area (Å²) < 4.78 is 1.31. The van der Waals surface area contributed by atoms with Crippen LogP contribution < -0.4 is 0 Å². The Balaban J connectivity index is 2.45. The van der Waals surface area contributed by atoms with Crippen molar-refractivity contribution >= 4 is 0 Å². The van der Waals surface area contributed by atoms with Crippen LogP contribution in [0.25, 0.3) is 0 Å². The molecule has 0 unspecified atom stereocenters. The van der Waals surface area contributed by atoms with E-state index in [1.165, 1.54) is 30.3 Å². The van der Waals surface area contributed by atoms with Crippen LogP contribution in [0.2, 0.25) is 4.64 Å². The fourth-order valence-corrected chi connectivity index (χ4v) is 1.04. The molecule has 0 heterocycles. The molecule has 48 valence electrons. The molecule has 1 heteroatoms. The Morgan fingerprint density at radius 1 is 1.14 bits per heavy atom. The van der Waals surface area contributed by atoms with E-state index in [0.717, 1.165) is 0 Å². The van der Waals surface area contributed by atoms with Crippen LogP contribution in [-0.4, -0.2) is 0 Å². The predicted octanol–water partition coefficient (Wildman–Crippen LogP) is 2.53. The molecule has 7 heavy (non-hydrogen) atoms. The van der Waals surface area contributed by atoms with Crippen molar-refractivity contribution < 1.29 is 21.1 Å². The van der Waals surface area contributed by atoms with E-state index in [9.17, 15) is 0 Å². The summed E-state index contributed by atoms with van der Waals surface area (Å²) >= 11 is 2.58. The van der Waals surface area contributed by atoms with E-state index in [1.54, 1.807) is 0 Å². The topological polar surface area (TPSA) is 0 Å². The van der Waals surface area contributed by atoms with E-state index < -0.39 is 0 Å². The molecule has 0 aliphatic carbocycles. The van der Waals surface area contributed by atoms with Crippen molar-refractivity contribution in [2.75, 3.05) is 0 Å². The van der Waals surface area contributed by atoms with E-state index in [4.69, 9.17) is 0 Å². The molecule has 0 bridgehead atoms. The van der Waals surface area contributed by atoms with Gasteiger partial charge in [-0.05, 0) is 0 Å². The second kappa shape index (κ2) is 6.74. The molecule has 0 aromatic heterocycles. The first-order valence-corrected chi connectivity index (χ1v) is 4.45. The number of unbranched alkanes of at least 4 members (excludes halogenated alkanes) is 3. The molecule has 0 N–H and O–H groups in total. The first-order chi connectivity index (χ1) is 3.41. The molecule has 0 aliphatic rings. The molecule has 0 spiro atoms. The van der Waals surface area contributed by atoms with E-state index in [0.29, 0.717) is 0 Å². The summed E-state index contributed by atoms with van der Waals surface area (Å²) in [6.45, 7) is 2.24. The molecule has 0 aliphatic heterocycles. The van der Waals surface area contributed by atoms with E-state index in [2.05, 4.69) is 28.0 Å². The third-order valence-corrected chi connectivity index (χ3v) is 1.73. The second-order valence-corrected chi connectivity index (χ2v) is 2.79. The minimum atomic E-state index is 1.31. The van der Waals surface area contributed by atoms with Gasteiger partial charge in [0.2, 0.25) is 0 Å². The first kappa shape index (κ1) is 7.74. The summed E-state index contributed by atoms with van der Waals surface area (Å²) in [4.78, 5) is 0. The van der Waals surface area contributed by atoms with Gasteiger partial charge in [-0.3, -0.25) is 0 Å². The Kier molecular flexibility index (Phi) is 7.45. The quantitative estimate of drug-likeness (QED) is 0.549. The third-order valence-electron chi connectivity index (χ3n) is 0.960. The van der Waals surface area contributed by atoms with Crippen LogP contribution in [0.5, 0.6) is 0 Å². The van der Waals surface area contributed by atoms with Crippen molar-refractivity contribution in [3.63, 3.8) is 0 Å². The van der Waals surface area contributed by atoms with Crippen molar-refractivity contribution in [1.82, 2.24) is 0 Å². The standard InChI is InChI=1S/C6H13.Au/c1-3-5-6-4-2;/h1,3-6H2,2H3;. The Labute approximate surface area is 58.6 Å². The van der Waals surface area contributed by atoms with Crippen LogP contribution in [0.3, 0.4) is 0 Å². The molecule has 0 amide bonds. The summed E-state index contributed by atoms with van der Waals surface area (Å²) in [5, 5.41) is 0. The van der Waals surface area contributed by atoms with E-state index in [-0.39, 0.29) is 0 Å². The van der Waals surface area contributed by atoms with Gasteiger partial charge < -0.3 is 0 Å². The van der Waals surface area contributed by atoms with Gasteiger partial charge in [0.25, 0.3) is 0 Å². The van der Waals surface area contributed by atoms with Crippen LogP contribution in [-0.2, 0) is 21.1 Å². The van der Waals surface area contributed by atoms with Gasteiger partial charge in [0.1, 0.15) is 0 Å². The molecule has 0 fully saturated rings. The summed E-state index contributed by atoms with van der Waals surface area (Å²) in [7, 11) is 0. The van der Waals surface area contributed by atoms with Gasteiger partial charge >= 0.3 is 58.3 Å². The Morgan fingerprint density at radius 2 is 1.86 bits per heavy atom. The van der Waals surface area contributed by atoms with Gasteiger partial charge in [0.05, 0.1) is 0 Å². The third kappa shape index (κ3) is 6.74. The summed E-state index contributed by atoms with van der Waals surface area (Å²) in [5.74, 6) is 0. The zero-order valence-corrected chi connectivity index (χ0v) is 7.00. The van der Waals surface area contributed by atoms with Crippen LogP contribution in [0.4, 0.5) is 0 Å². The van der Waals surface area contributed by atoms with Gasteiger partial charge in [0.15, 0.2) is 0 Å². The summed E-state index contributed by atoms with van der Waals surface area (Å²) in [6.07, 6.45) is 5.59. The van der Waals surface area contributed by atoms with Crippen molar-refractivity contribution in [2.45, 2.75) is 37.2 Å². The minimum absolute atomic E-state index is 1.31. The van der Waals surface area contributed by atoms with Crippen molar-refractivity contribution in [1.29, 1.82) is 0 Å². The Bertz CT molecular complexity index is 23.4. The normalized spacial score (nSPS) is 9.57. The van der Waals surface area contributed by atoms with Gasteiger partial charge in [-0.15, -0.1) is 0 Å². The monoisotopic (exact) mass is 282 g/mol. The first-order valence-electron chi connectivity index (χ1n) is 2.92. The van der Waals surface area contributed by atoms with Crippen LogP contribution in [0.15, 0.2) is 0 Å². The molecular formula is C6H13Au. The zero-order chi connectivity index (χ0) is 5.54. The summed E-state index contributed by atoms with van der Waals surface area (Å²) in [5.41, 5.74) is 0. The molecule has 0 nitrogen and oxygen atoms in total. The van der Waals surface area contributed by atoms with Crippen LogP contribution >= 0.6 is 0 Å². The van der Waals surface area contributed by atoms with E-state index >= 15 is 0 Å². The van der Waals surface area contributed by atoms with Gasteiger partial charge in [-0.25, -0.2) is 0 Å². The van der Waals surface area contributed by atoms with Crippen LogP contribution in [0, 0.1) is 0 Å². The maximum absolute atomic E-state index is 2.58. The molecule has 0 aromatic carbocycles. The van der Waals surface area contributed by atoms with Gasteiger partial charge in [-0.1, -0.05) is 0 Å². The summed E-state index contributed by atoms with van der Waals surface area (Å²) in [6, 6.07) is 0. The average molecular weight is 282 g/mol. The molecular weight excluding hydrogens is 269 g/mol. The van der Waals surface area contributed by atoms with Crippen molar-refractivity contribution in [3.8, 4) is 0 Å². The molecule has 0 radical (unpaired) electrons. The molecule has 0 aromatic rings. The number of rotatable bonds is 4. The predicted molar refractivity (Wildman–Crippen MR) is 28.9 cm³/mol. The van der Waals surface area contributed by atoms with Gasteiger partial charge in [-0.2, -0.15) is 0 Å². The van der Waals surface area contributed by atoms with Crippen molar-refractivity contribution in [2.24, 2.45) is 0 Å². The fraction of sp³-hybridized carbons (Fsp3) is 1.00. The molecule has 0 rings (SSSR count). The molecule has 0 saturated carbocycles. The van der Waals surface area contributed by atoms with Crippen LogP contribution in [0.1, 0.15) is 32.6 Å². The van der Waals surface area contributed by atoms with Gasteiger partial charge in [0, 0.05) is 0 Å². The van der Waals surface area contributed by atoms with Crippen molar-refractivity contribution in [3.05, 3.63) is 0 Å². The maximum atomic E-state index is 2.58. The SMILES string of the molecule is CCCCC[CH2][Au]. The Morgan fingerprint density at radius 3 is 2.29 bits per heavy atom. The molecule has 0 atom stereocenters. The average Bonchev–Trinajstić information content (AvgIpc) is 1.69. The second-order valence-electron chi connectivity index (χ2n) is 1.71. The fourth-order valence-electron chi connectivity index (χ4n) is 0.502. The zero-order valence-electron chi connectivity index (χ0n) is 4.84.